The monoisotopic (exact) mass is 325 g/mol. The predicted octanol–water partition coefficient (Wildman–Crippen LogP) is 3.25. The molecule has 2 aromatic carbocycles. The molecule has 2 N–H and O–H groups in total. The van der Waals surface area contributed by atoms with Gasteiger partial charge in [-0.15, -0.1) is 0 Å². The lowest BCUT2D eigenvalue weighted by atomic mass is 10.2. The van der Waals surface area contributed by atoms with Gasteiger partial charge in [0.1, 0.15) is 12.4 Å². The van der Waals surface area contributed by atoms with Crippen LogP contribution in [0.1, 0.15) is 11.1 Å². The number of rotatable bonds is 7. The normalized spacial score (nSPS) is 10.3. The maximum Gasteiger partial charge on any atom is 0.187 e. The summed E-state index contributed by atoms with van der Waals surface area (Å²) in [7, 11) is 0. The summed E-state index contributed by atoms with van der Waals surface area (Å²) in [6.45, 7) is 4.76. The molecule has 5 heteroatoms. The van der Waals surface area contributed by atoms with Gasteiger partial charge in [-0.3, -0.25) is 5.43 Å². The van der Waals surface area contributed by atoms with Crippen LogP contribution in [0, 0.1) is 0 Å². The van der Waals surface area contributed by atoms with Crippen molar-refractivity contribution in [2.75, 3.05) is 6.61 Å². The van der Waals surface area contributed by atoms with Crippen molar-refractivity contribution >= 4 is 23.5 Å². The maximum atomic E-state index is 5.47. The number of hydrogen-bond acceptors (Lipinski definition) is 3. The van der Waals surface area contributed by atoms with E-state index in [9.17, 15) is 0 Å². The molecule has 0 unspecified atom stereocenters. The summed E-state index contributed by atoms with van der Waals surface area (Å²) < 4.78 is 5.47. The van der Waals surface area contributed by atoms with Crippen LogP contribution in [-0.4, -0.2) is 17.9 Å². The van der Waals surface area contributed by atoms with E-state index in [1.165, 1.54) is 0 Å². The Morgan fingerprint density at radius 1 is 1.17 bits per heavy atom. The molecule has 0 bridgehead atoms. The molecule has 23 heavy (non-hydrogen) atoms. The van der Waals surface area contributed by atoms with Crippen molar-refractivity contribution in [3.63, 3.8) is 0 Å². The zero-order valence-electron chi connectivity index (χ0n) is 12.7. The van der Waals surface area contributed by atoms with E-state index in [1.807, 2.05) is 54.6 Å². The lowest BCUT2D eigenvalue weighted by molar-refractivity contribution is 0.363. The van der Waals surface area contributed by atoms with Crippen LogP contribution in [0.5, 0.6) is 5.75 Å². The summed E-state index contributed by atoms with van der Waals surface area (Å²) in [5.41, 5.74) is 4.88. The Morgan fingerprint density at radius 2 is 2.00 bits per heavy atom. The van der Waals surface area contributed by atoms with Crippen molar-refractivity contribution in [2.45, 2.75) is 6.54 Å². The van der Waals surface area contributed by atoms with Gasteiger partial charge in [0.25, 0.3) is 0 Å². The Labute approximate surface area is 141 Å². The van der Waals surface area contributed by atoms with Gasteiger partial charge in [0, 0.05) is 6.54 Å². The van der Waals surface area contributed by atoms with Gasteiger partial charge in [0.2, 0.25) is 0 Å². The highest BCUT2D eigenvalue weighted by atomic mass is 32.1. The zero-order valence-corrected chi connectivity index (χ0v) is 13.6. The van der Waals surface area contributed by atoms with E-state index < -0.39 is 0 Å². The van der Waals surface area contributed by atoms with Crippen LogP contribution in [0.2, 0.25) is 0 Å². The predicted molar refractivity (Wildman–Crippen MR) is 98.7 cm³/mol. The van der Waals surface area contributed by atoms with Crippen molar-refractivity contribution in [1.82, 2.24) is 10.7 Å². The summed E-state index contributed by atoms with van der Waals surface area (Å²) in [6, 6.07) is 17.7. The minimum atomic E-state index is 0.476. The Bertz CT molecular complexity index is 671. The van der Waals surface area contributed by atoms with E-state index in [4.69, 9.17) is 17.0 Å². The first-order chi connectivity index (χ1) is 11.3. The van der Waals surface area contributed by atoms with Gasteiger partial charge in [-0.05, 0) is 35.5 Å². The Hall–Kier alpha value is -2.66. The summed E-state index contributed by atoms with van der Waals surface area (Å²) in [5, 5.41) is 7.69. The minimum Gasteiger partial charge on any atom is -0.490 e. The van der Waals surface area contributed by atoms with Gasteiger partial charge in [-0.2, -0.15) is 5.10 Å². The van der Waals surface area contributed by atoms with E-state index in [0.29, 0.717) is 18.3 Å². The number of thiocarbonyl (C=S) groups is 1. The zero-order chi connectivity index (χ0) is 16.3. The van der Waals surface area contributed by atoms with Crippen LogP contribution in [0.25, 0.3) is 0 Å². The molecule has 0 aliphatic carbocycles. The van der Waals surface area contributed by atoms with Crippen molar-refractivity contribution in [3.05, 3.63) is 78.4 Å². The number of ether oxygens (including phenoxy) is 1. The highest BCUT2D eigenvalue weighted by Crippen LogP contribution is 2.11. The lowest BCUT2D eigenvalue weighted by Crippen LogP contribution is -2.31. The standard InChI is InChI=1S/C18H19N3OS/c1-2-11-22-17-10-6-9-16(12-17)14-20-21-18(23)19-13-15-7-4-3-5-8-15/h2-10,12,14H,1,11,13H2,(H2,19,21,23)/b20-14-. The molecule has 0 heterocycles. The lowest BCUT2D eigenvalue weighted by Gasteiger charge is -2.07. The fraction of sp³-hybridized carbons (Fsp3) is 0.111. The molecule has 0 saturated carbocycles. The Morgan fingerprint density at radius 3 is 2.78 bits per heavy atom. The van der Waals surface area contributed by atoms with Crippen LogP contribution in [-0.2, 0) is 6.54 Å². The van der Waals surface area contributed by atoms with E-state index in [0.717, 1.165) is 16.9 Å². The van der Waals surface area contributed by atoms with Crippen LogP contribution < -0.4 is 15.5 Å². The second-order valence-corrected chi connectivity index (χ2v) is 5.12. The Balaban J connectivity index is 1.79. The molecule has 0 saturated heterocycles. The number of benzene rings is 2. The SMILES string of the molecule is C=CCOc1cccc(/C=N\NC(=S)NCc2ccccc2)c1. The number of nitrogens with zero attached hydrogens (tertiary/aromatic N) is 1. The van der Waals surface area contributed by atoms with Gasteiger partial charge >= 0.3 is 0 Å². The first-order valence-electron chi connectivity index (χ1n) is 7.22. The second kappa shape index (κ2) is 9.38. The fourth-order valence-corrected chi connectivity index (χ4v) is 1.95. The molecule has 0 aromatic heterocycles. The van der Waals surface area contributed by atoms with Gasteiger partial charge in [-0.25, -0.2) is 0 Å². The number of hydrogen-bond donors (Lipinski definition) is 2. The average molecular weight is 325 g/mol. The summed E-state index contributed by atoms with van der Waals surface area (Å²) in [4.78, 5) is 0. The van der Waals surface area contributed by atoms with Crippen molar-refractivity contribution in [2.24, 2.45) is 5.10 Å². The summed E-state index contributed by atoms with van der Waals surface area (Å²) >= 11 is 5.18. The Kier molecular flexibility index (Phi) is 6.81. The van der Waals surface area contributed by atoms with Crippen molar-refractivity contribution in [3.8, 4) is 5.75 Å². The molecule has 2 aromatic rings. The molecular weight excluding hydrogens is 306 g/mol. The second-order valence-electron chi connectivity index (χ2n) is 4.71. The molecule has 0 spiro atoms. The van der Waals surface area contributed by atoms with Gasteiger partial charge in [0.15, 0.2) is 5.11 Å². The van der Waals surface area contributed by atoms with Crippen molar-refractivity contribution in [1.29, 1.82) is 0 Å². The molecule has 0 fully saturated rings. The average Bonchev–Trinajstić information content (AvgIpc) is 2.59. The molecule has 0 aliphatic heterocycles. The van der Waals surface area contributed by atoms with E-state index >= 15 is 0 Å². The number of nitrogens with one attached hydrogen (secondary N) is 2. The number of hydrazone groups is 1. The molecule has 0 atom stereocenters. The third kappa shape index (κ3) is 6.32. The maximum absolute atomic E-state index is 5.47. The smallest absolute Gasteiger partial charge is 0.187 e. The molecule has 2 rings (SSSR count). The van der Waals surface area contributed by atoms with Gasteiger partial charge < -0.3 is 10.1 Å². The van der Waals surface area contributed by atoms with E-state index in [-0.39, 0.29) is 0 Å². The summed E-state index contributed by atoms with van der Waals surface area (Å²) in [5.74, 6) is 0.777. The van der Waals surface area contributed by atoms with Crippen LogP contribution in [0.4, 0.5) is 0 Å². The molecule has 4 nitrogen and oxygen atoms in total. The molecule has 0 radical (unpaired) electrons. The van der Waals surface area contributed by atoms with E-state index in [2.05, 4.69) is 22.4 Å². The van der Waals surface area contributed by atoms with Crippen LogP contribution in [0.15, 0.2) is 72.4 Å². The summed E-state index contributed by atoms with van der Waals surface area (Å²) in [6.07, 6.45) is 3.40. The molecule has 0 aliphatic rings. The minimum absolute atomic E-state index is 0.476. The molecular formula is C18H19N3OS. The van der Waals surface area contributed by atoms with E-state index in [1.54, 1.807) is 12.3 Å². The third-order valence-electron chi connectivity index (χ3n) is 2.90. The first kappa shape index (κ1) is 16.7. The van der Waals surface area contributed by atoms with Crippen LogP contribution >= 0.6 is 12.2 Å². The molecule has 0 amide bonds. The quantitative estimate of drug-likeness (QED) is 0.355. The van der Waals surface area contributed by atoms with Gasteiger partial charge in [-0.1, -0.05) is 55.1 Å². The third-order valence-corrected chi connectivity index (χ3v) is 3.14. The van der Waals surface area contributed by atoms with Crippen molar-refractivity contribution < 1.29 is 4.74 Å². The topological polar surface area (TPSA) is 45.6 Å². The highest BCUT2D eigenvalue weighted by molar-refractivity contribution is 7.80. The highest BCUT2D eigenvalue weighted by Gasteiger charge is 1.96. The fourth-order valence-electron chi connectivity index (χ4n) is 1.82. The largest absolute Gasteiger partial charge is 0.490 e. The van der Waals surface area contributed by atoms with Gasteiger partial charge in [0.05, 0.1) is 6.21 Å². The molecule has 118 valence electrons. The first-order valence-corrected chi connectivity index (χ1v) is 7.63. The van der Waals surface area contributed by atoms with Crippen LogP contribution in [0.3, 0.4) is 0 Å².